The molecule has 2 N–H and O–H groups in total. The van der Waals surface area contributed by atoms with E-state index < -0.39 is 12.0 Å². The summed E-state index contributed by atoms with van der Waals surface area (Å²) >= 11 is 0. The van der Waals surface area contributed by atoms with Gasteiger partial charge in [-0.05, 0) is 46.0 Å². The predicted molar refractivity (Wildman–Crippen MR) is 62.7 cm³/mol. The molecule has 0 aromatic rings. The molecule has 5 heteroatoms. The number of likely N-dealkylation sites (tertiary alicyclic amines) is 1. The summed E-state index contributed by atoms with van der Waals surface area (Å²) in [6.45, 7) is 5.69. The molecule has 3 atom stereocenters. The Bertz CT molecular complexity index is 348. The predicted octanol–water partition coefficient (Wildman–Crippen LogP) is 1.43. The van der Waals surface area contributed by atoms with Crippen molar-refractivity contribution in [3.8, 4) is 0 Å². The van der Waals surface area contributed by atoms with Gasteiger partial charge in [-0.3, -0.25) is 0 Å². The lowest BCUT2D eigenvalue weighted by Gasteiger charge is -2.35. The van der Waals surface area contributed by atoms with Crippen LogP contribution in [0.2, 0.25) is 0 Å². The van der Waals surface area contributed by atoms with Crippen molar-refractivity contribution in [2.45, 2.75) is 57.7 Å². The first-order valence-corrected chi connectivity index (χ1v) is 6.13. The fourth-order valence-corrected chi connectivity index (χ4v) is 2.98. The van der Waals surface area contributed by atoms with E-state index in [4.69, 9.17) is 0 Å². The Morgan fingerprint density at radius 2 is 1.94 bits per heavy atom. The number of carbonyl (C=O) groups excluding carboxylic acids is 1. The highest BCUT2D eigenvalue weighted by molar-refractivity contribution is 5.84. The van der Waals surface area contributed by atoms with Gasteiger partial charge >= 0.3 is 12.0 Å². The average Bonchev–Trinajstić information content (AvgIpc) is 2.72. The van der Waals surface area contributed by atoms with Crippen LogP contribution in [0.3, 0.4) is 0 Å². The van der Waals surface area contributed by atoms with Crippen molar-refractivity contribution in [1.82, 2.24) is 10.2 Å². The van der Waals surface area contributed by atoms with Gasteiger partial charge in [0.1, 0.15) is 6.04 Å². The second-order valence-corrected chi connectivity index (χ2v) is 6.10. The molecule has 1 heterocycles. The third-order valence-corrected chi connectivity index (χ3v) is 3.55. The van der Waals surface area contributed by atoms with Crippen LogP contribution in [0.15, 0.2) is 0 Å². The number of carboxylic acid groups (broad SMARTS) is 1. The number of hydrogen-bond donors (Lipinski definition) is 2. The molecule has 0 radical (unpaired) electrons. The molecule has 2 aliphatic rings. The van der Waals surface area contributed by atoms with Gasteiger partial charge in [0.05, 0.1) is 0 Å². The Hall–Kier alpha value is -1.26. The minimum Gasteiger partial charge on any atom is -0.480 e. The van der Waals surface area contributed by atoms with Gasteiger partial charge in [0.25, 0.3) is 0 Å². The third kappa shape index (κ3) is 2.23. The topological polar surface area (TPSA) is 69.6 Å². The van der Waals surface area contributed by atoms with Gasteiger partial charge < -0.3 is 15.3 Å². The smallest absolute Gasteiger partial charge is 0.326 e. The largest absolute Gasteiger partial charge is 0.480 e. The molecule has 17 heavy (non-hydrogen) atoms. The zero-order valence-corrected chi connectivity index (χ0v) is 10.6. The monoisotopic (exact) mass is 240 g/mol. The summed E-state index contributed by atoms with van der Waals surface area (Å²) in [5, 5.41) is 12.1. The van der Waals surface area contributed by atoms with E-state index in [1.807, 2.05) is 20.8 Å². The summed E-state index contributed by atoms with van der Waals surface area (Å²) in [7, 11) is 0. The van der Waals surface area contributed by atoms with E-state index >= 15 is 0 Å². The molecule has 0 spiro atoms. The third-order valence-electron chi connectivity index (χ3n) is 3.55. The molecular weight excluding hydrogens is 220 g/mol. The van der Waals surface area contributed by atoms with E-state index in [9.17, 15) is 14.7 Å². The van der Waals surface area contributed by atoms with Crippen LogP contribution in [0.5, 0.6) is 0 Å². The summed E-state index contributed by atoms with van der Waals surface area (Å²) in [6.07, 6.45) is 2.71. The molecule has 1 saturated carbocycles. The van der Waals surface area contributed by atoms with Crippen molar-refractivity contribution in [2.24, 2.45) is 5.92 Å². The Balaban J connectivity index is 2.14. The highest BCUT2D eigenvalue weighted by Crippen LogP contribution is 2.42. The molecule has 5 nitrogen and oxygen atoms in total. The van der Waals surface area contributed by atoms with Gasteiger partial charge in [0.2, 0.25) is 0 Å². The van der Waals surface area contributed by atoms with Gasteiger partial charge in [-0.15, -0.1) is 0 Å². The fourth-order valence-electron chi connectivity index (χ4n) is 2.98. The number of hydrogen-bond acceptors (Lipinski definition) is 2. The fraction of sp³-hybridized carbons (Fsp3) is 0.833. The SMILES string of the molecule is CC(C)(C)NC(=O)N1C(C(=O)O)[C@H]2CC[C@@H]1C2. The number of rotatable bonds is 1. The van der Waals surface area contributed by atoms with E-state index in [0.717, 1.165) is 19.3 Å². The average molecular weight is 240 g/mol. The number of nitrogens with one attached hydrogen (secondary N) is 1. The van der Waals surface area contributed by atoms with E-state index in [1.165, 1.54) is 0 Å². The Morgan fingerprint density at radius 1 is 1.29 bits per heavy atom. The second kappa shape index (κ2) is 3.89. The number of piperidine rings is 1. The summed E-state index contributed by atoms with van der Waals surface area (Å²) in [5.41, 5.74) is -0.331. The molecule has 2 rings (SSSR count). The van der Waals surface area contributed by atoms with E-state index in [1.54, 1.807) is 4.90 Å². The molecule has 0 aromatic heterocycles. The number of carboxylic acids is 1. The molecule has 1 aliphatic carbocycles. The zero-order chi connectivity index (χ0) is 12.8. The van der Waals surface area contributed by atoms with Crippen LogP contribution in [0.4, 0.5) is 4.79 Å². The molecule has 1 unspecified atom stereocenters. The van der Waals surface area contributed by atoms with Crippen LogP contribution >= 0.6 is 0 Å². The first-order valence-electron chi connectivity index (χ1n) is 6.13. The lowest BCUT2D eigenvalue weighted by Crippen LogP contribution is -2.56. The number of urea groups is 1. The van der Waals surface area contributed by atoms with Crippen LogP contribution in [0.1, 0.15) is 40.0 Å². The minimum atomic E-state index is -0.874. The van der Waals surface area contributed by atoms with Crippen LogP contribution in [0.25, 0.3) is 0 Å². The lowest BCUT2D eigenvalue weighted by atomic mass is 9.99. The van der Waals surface area contributed by atoms with Gasteiger partial charge in [-0.2, -0.15) is 0 Å². The summed E-state index contributed by atoms with van der Waals surface area (Å²) in [6, 6.07) is -0.753. The normalized spacial score (nSPS) is 31.7. The van der Waals surface area contributed by atoms with Crippen LogP contribution in [-0.4, -0.2) is 39.6 Å². The zero-order valence-electron chi connectivity index (χ0n) is 10.6. The van der Waals surface area contributed by atoms with Crippen molar-refractivity contribution < 1.29 is 14.7 Å². The molecule has 1 aliphatic heterocycles. The molecular formula is C12H20N2O3. The summed E-state index contributed by atoms with van der Waals surface area (Å²) in [4.78, 5) is 24.9. The molecule has 2 fully saturated rings. The van der Waals surface area contributed by atoms with Gasteiger partial charge in [-0.1, -0.05) is 0 Å². The number of aliphatic carboxylic acids is 1. The van der Waals surface area contributed by atoms with Gasteiger partial charge in [0.15, 0.2) is 0 Å². The second-order valence-electron chi connectivity index (χ2n) is 6.10. The summed E-state index contributed by atoms with van der Waals surface area (Å²) in [5.74, 6) is -0.732. The van der Waals surface area contributed by atoms with Crippen molar-refractivity contribution >= 4 is 12.0 Å². The highest BCUT2D eigenvalue weighted by Gasteiger charge is 2.51. The molecule has 2 bridgehead atoms. The van der Waals surface area contributed by atoms with Crippen LogP contribution in [-0.2, 0) is 4.79 Å². The molecule has 0 aromatic carbocycles. The quantitative estimate of drug-likeness (QED) is 0.728. The van der Waals surface area contributed by atoms with E-state index in [2.05, 4.69) is 5.32 Å². The van der Waals surface area contributed by atoms with Gasteiger partial charge in [-0.25, -0.2) is 9.59 Å². The van der Waals surface area contributed by atoms with Crippen molar-refractivity contribution in [3.63, 3.8) is 0 Å². The van der Waals surface area contributed by atoms with Crippen molar-refractivity contribution in [1.29, 1.82) is 0 Å². The maximum absolute atomic E-state index is 12.1. The number of fused-ring (bicyclic) bond motifs is 2. The Labute approximate surface area is 101 Å². The minimum absolute atomic E-state index is 0.114. The first kappa shape index (κ1) is 12.2. The standard InChI is InChI=1S/C12H20N2O3/c1-12(2,3)13-11(17)14-8-5-4-7(6-8)9(14)10(15)16/h7-9H,4-6H2,1-3H3,(H,13,17)(H,15,16)/t7-,8+,9?/m0/s1. The van der Waals surface area contributed by atoms with Crippen molar-refractivity contribution in [2.75, 3.05) is 0 Å². The molecule has 2 amide bonds. The molecule has 96 valence electrons. The number of amides is 2. The van der Waals surface area contributed by atoms with Crippen LogP contribution < -0.4 is 5.32 Å². The van der Waals surface area contributed by atoms with Crippen LogP contribution in [0, 0.1) is 5.92 Å². The van der Waals surface area contributed by atoms with Crippen molar-refractivity contribution in [3.05, 3.63) is 0 Å². The Morgan fingerprint density at radius 3 is 2.47 bits per heavy atom. The van der Waals surface area contributed by atoms with E-state index in [0.29, 0.717) is 0 Å². The van der Waals surface area contributed by atoms with E-state index in [-0.39, 0.29) is 23.5 Å². The number of carbonyl (C=O) groups is 2. The lowest BCUT2D eigenvalue weighted by molar-refractivity contribution is -0.143. The summed E-state index contributed by atoms with van der Waals surface area (Å²) < 4.78 is 0. The maximum Gasteiger partial charge on any atom is 0.326 e. The maximum atomic E-state index is 12.1. The highest BCUT2D eigenvalue weighted by atomic mass is 16.4. The first-order chi connectivity index (χ1) is 7.79. The Kier molecular flexibility index (Phi) is 2.79. The van der Waals surface area contributed by atoms with Gasteiger partial charge in [0, 0.05) is 11.6 Å². The number of nitrogens with zero attached hydrogens (tertiary/aromatic N) is 1. The molecule has 1 saturated heterocycles.